The molecule has 0 saturated heterocycles. The number of fused-ring (bicyclic) bond motifs is 4. The Kier molecular flexibility index (Phi) is 4.69. The van der Waals surface area contributed by atoms with E-state index in [2.05, 4.69) is 41.5 Å². The Morgan fingerprint density at radius 2 is 1.09 bits per heavy atom. The van der Waals surface area contributed by atoms with Crippen molar-refractivity contribution in [3.8, 4) is 0 Å². The summed E-state index contributed by atoms with van der Waals surface area (Å²) in [7, 11) is 0. The fraction of sp³-hybridized carbons (Fsp3) is 0.714. The summed E-state index contributed by atoms with van der Waals surface area (Å²) >= 11 is 0. The first-order valence-electron chi connectivity index (χ1n) is 12.5. The van der Waals surface area contributed by atoms with Crippen molar-refractivity contribution in [2.45, 2.75) is 91.3 Å². The molecule has 0 radical (unpaired) electrons. The Morgan fingerprint density at radius 3 is 1.41 bits per heavy atom. The Hall–Kier alpha value is -1.84. The van der Waals surface area contributed by atoms with E-state index in [0.717, 1.165) is 25.7 Å². The minimum absolute atomic E-state index is 0.0305. The van der Waals surface area contributed by atoms with Gasteiger partial charge in [0.25, 0.3) is 0 Å². The zero-order valence-corrected chi connectivity index (χ0v) is 20.5. The zero-order chi connectivity index (χ0) is 23.1. The first-order chi connectivity index (χ1) is 15.0. The van der Waals surface area contributed by atoms with Crippen LogP contribution in [-0.2, 0) is 9.47 Å². The molecule has 0 N–H and O–H groups in total. The SMILES string of the molecule is CC1CCC2CC1(OC(=O)c1ccccc1C(=O)OC13CC(CCC1C)C3(C)C)C2(C)C. The Morgan fingerprint density at radius 1 is 0.719 bits per heavy atom. The summed E-state index contributed by atoms with van der Waals surface area (Å²) in [5.41, 5.74) is -0.281. The van der Waals surface area contributed by atoms with Gasteiger partial charge in [0.2, 0.25) is 0 Å². The monoisotopic (exact) mass is 438 g/mol. The molecule has 1 aromatic rings. The third kappa shape index (κ3) is 2.61. The predicted molar refractivity (Wildman–Crippen MR) is 123 cm³/mol. The Labute approximate surface area is 192 Å². The van der Waals surface area contributed by atoms with Gasteiger partial charge in [-0.05, 0) is 74.3 Å². The minimum Gasteiger partial charge on any atom is -0.455 e. The molecule has 6 saturated carbocycles. The molecular formula is C28H38O4. The van der Waals surface area contributed by atoms with Crippen LogP contribution in [0.1, 0.15) is 101 Å². The quantitative estimate of drug-likeness (QED) is 0.508. The van der Waals surface area contributed by atoms with Crippen LogP contribution in [0.4, 0.5) is 0 Å². The molecule has 32 heavy (non-hydrogen) atoms. The lowest BCUT2D eigenvalue weighted by atomic mass is 9.42. The second kappa shape index (κ2) is 6.84. The first kappa shape index (κ1) is 22.0. The average molecular weight is 439 g/mol. The number of esters is 2. The van der Waals surface area contributed by atoms with Crippen LogP contribution < -0.4 is 0 Å². The first-order valence-corrected chi connectivity index (χ1v) is 12.5. The number of benzene rings is 1. The van der Waals surface area contributed by atoms with Crippen molar-refractivity contribution in [3.63, 3.8) is 0 Å². The third-order valence-corrected chi connectivity index (χ3v) is 10.7. The summed E-state index contributed by atoms with van der Waals surface area (Å²) in [6.45, 7) is 13.3. The predicted octanol–water partition coefficient (Wildman–Crippen LogP) is 6.43. The van der Waals surface area contributed by atoms with Gasteiger partial charge in [0.05, 0.1) is 11.1 Å². The number of carbonyl (C=O) groups is 2. The minimum atomic E-state index is -0.441. The molecule has 0 spiro atoms. The van der Waals surface area contributed by atoms with Crippen LogP contribution in [0.2, 0.25) is 0 Å². The highest BCUT2D eigenvalue weighted by atomic mass is 16.6. The molecule has 4 nitrogen and oxygen atoms in total. The van der Waals surface area contributed by atoms with E-state index in [-0.39, 0.29) is 10.8 Å². The summed E-state index contributed by atoms with van der Waals surface area (Å²) < 4.78 is 12.6. The van der Waals surface area contributed by atoms with E-state index in [1.807, 2.05) is 0 Å². The van der Waals surface area contributed by atoms with Gasteiger partial charge in [0.15, 0.2) is 0 Å². The standard InChI is InChI=1S/C28H38O4/c1-17-11-13-19-15-27(17,25(19,3)4)31-23(29)21-9-7-8-10-22(21)24(30)32-28-16-20(26(28,5)6)14-12-18(28)2/h7-10,17-20H,11-16H2,1-6H3. The van der Waals surface area contributed by atoms with E-state index in [9.17, 15) is 9.59 Å². The Bertz CT molecular complexity index is 885. The summed E-state index contributed by atoms with van der Waals surface area (Å²) in [6, 6.07) is 7.02. The van der Waals surface area contributed by atoms with E-state index in [1.54, 1.807) is 24.3 Å². The topological polar surface area (TPSA) is 52.6 Å². The lowest BCUT2D eigenvalue weighted by Crippen LogP contribution is -2.69. The maximum atomic E-state index is 13.4. The van der Waals surface area contributed by atoms with E-state index in [1.165, 1.54) is 12.8 Å². The lowest BCUT2D eigenvalue weighted by molar-refractivity contribution is -0.251. The molecule has 6 aliphatic rings. The van der Waals surface area contributed by atoms with Crippen molar-refractivity contribution in [2.75, 3.05) is 0 Å². The molecule has 4 heteroatoms. The van der Waals surface area contributed by atoms with Crippen LogP contribution in [0.3, 0.4) is 0 Å². The molecule has 6 atom stereocenters. The molecule has 6 aliphatic carbocycles. The maximum Gasteiger partial charge on any atom is 0.339 e. The largest absolute Gasteiger partial charge is 0.455 e. The molecule has 1 aromatic carbocycles. The number of hydrogen-bond donors (Lipinski definition) is 0. The fourth-order valence-corrected chi connectivity index (χ4v) is 7.99. The van der Waals surface area contributed by atoms with Crippen LogP contribution in [0.15, 0.2) is 24.3 Å². The van der Waals surface area contributed by atoms with Crippen molar-refractivity contribution in [1.29, 1.82) is 0 Å². The number of carbonyl (C=O) groups excluding carboxylic acids is 2. The molecule has 174 valence electrons. The van der Waals surface area contributed by atoms with E-state index in [4.69, 9.17) is 9.47 Å². The van der Waals surface area contributed by atoms with Gasteiger partial charge in [-0.25, -0.2) is 9.59 Å². The number of ether oxygens (including phenoxy) is 2. The lowest BCUT2D eigenvalue weighted by Gasteiger charge is -2.67. The molecule has 7 rings (SSSR count). The molecular weight excluding hydrogens is 400 g/mol. The number of hydrogen-bond acceptors (Lipinski definition) is 4. The third-order valence-electron chi connectivity index (χ3n) is 10.7. The molecule has 0 heterocycles. The van der Waals surface area contributed by atoms with Crippen molar-refractivity contribution in [1.82, 2.24) is 0 Å². The fourth-order valence-electron chi connectivity index (χ4n) is 7.99. The van der Waals surface area contributed by atoms with Gasteiger partial charge in [0, 0.05) is 10.8 Å². The van der Waals surface area contributed by atoms with Crippen LogP contribution in [0.5, 0.6) is 0 Å². The van der Waals surface area contributed by atoms with Gasteiger partial charge < -0.3 is 9.47 Å². The smallest absolute Gasteiger partial charge is 0.339 e. The average Bonchev–Trinajstić information content (AvgIpc) is 2.75. The van der Waals surface area contributed by atoms with E-state index < -0.39 is 23.1 Å². The van der Waals surface area contributed by atoms with Crippen LogP contribution in [-0.4, -0.2) is 23.1 Å². The molecule has 6 fully saturated rings. The summed E-state index contributed by atoms with van der Waals surface area (Å²) in [4.78, 5) is 26.9. The van der Waals surface area contributed by atoms with Gasteiger partial charge >= 0.3 is 11.9 Å². The molecule has 0 aliphatic heterocycles. The van der Waals surface area contributed by atoms with E-state index in [0.29, 0.717) is 34.8 Å². The second-order valence-corrected chi connectivity index (χ2v) is 12.3. The van der Waals surface area contributed by atoms with Crippen molar-refractivity contribution < 1.29 is 19.1 Å². The molecule has 6 unspecified atom stereocenters. The summed E-state index contributed by atoms with van der Waals surface area (Å²) in [5.74, 6) is 1.07. The van der Waals surface area contributed by atoms with Gasteiger partial charge in [0.1, 0.15) is 11.2 Å². The van der Waals surface area contributed by atoms with Gasteiger partial charge in [-0.15, -0.1) is 0 Å². The van der Waals surface area contributed by atoms with Crippen molar-refractivity contribution in [2.24, 2.45) is 34.5 Å². The highest BCUT2D eigenvalue weighted by Crippen LogP contribution is 2.67. The molecule has 0 amide bonds. The van der Waals surface area contributed by atoms with Crippen molar-refractivity contribution in [3.05, 3.63) is 35.4 Å². The second-order valence-electron chi connectivity index (χ2n) is 12.3. The van der Waals surface area contributed by atoms with Gasteiger partial charge in [-0.1, -0.05) is 53.7 Å². The van der Waals surface area contributed by atoms with Gasteiger partial charge in [-0.3, -0.25) is 0 Å². The van der Waals surface area contributed by atoms with Crippen LogP contribution in [0, 0.1) is 34.5 Å². The highest BCUT2D eigenvalue weighted by molar-refractivity contribution is 6.03. The Balaban J connectivity index is 1.40. The van der Waals surface area contributed by atoms with E-state index >= 15 is 0 Å². The van der Waals surface area contributed by atoms with Gasteiger partial charge in [-0.2, -0.15) is 0 Å². The van der Waals surface area contributed by atoms with Crippen LogP contribution in [0.25, 0.3) is 0 Å². The molecule has 0 aromatic heterocycles. The summed E-state index contributed by atoms with van der Waals surface area (Å²) in [5, 5.41) is 0. The molecule has 4 bridgehead atoms. The normalized spacial score (nSPS) is 40.4. The van der Waals surface area contributed by atoms with Crippen LogP contribution >= 0.6 is 0 Å². The maximum absolute atomic E-state index is 13.4. The number of rotatable bonds is 4. The highest BCUT2D eigenvalue weighted by Gasteiger charge is 2.68. The summed E-state index contributed by atoms with van der Waals surface area (Å²) in [6.07, 6.45) is 6.43. The van der Waals surface area contributed by atoms with Crippen molar-refractivity contribution >= 4 is 11.9 Å². The zero-order valence-electron chi connectivity index (χ0n) is 20.5.